The van der Waals surface area contributed by atoms with E-state index in [-0.39, 0.29) is 6.42 Å². The standard InChI is InChI=1S/C14H25N5O6S/c1-7(15)12(23)18-8(3-4-26-2)14(25)19-9(5-10(16)20)13(24)17-6-11(21)22/h7-9H,3-6,15H2,1-2H3,(H2,16,20)(H,17,24)(H,18,23)(H,19,25)(H,21,22). The first-order chi connectivity index (χ1) is 12.1. The van der Waals surface area contributed by atoms with Crippen LogP contribution >= 0.6 is 11.8 Å². The topological polar surface area (TPSA) is 194 Å². The molecule has 0 heterocycles. The molecule has 0 saturated carbocycles. The van der Waals surface area contributed by atoms with Gasteiger partial charge < -0.3 is 32.5 Å². The van der Waals surface area contributed by atoms with Gasteiger partial charge in [-0.05, 0) is 25.4 Å². The SMILES string of the molecule is CSCCC(NC(=O)C(C)N)C(=O)NC(CC(N)=O)C(=O)NCC(=O)O. The molecule has 0 saturated heterocycles. The zero-order valence-electron chi connectivity index (χ0n) is 14.6. The van der Waals surface area contributed by atoms with Crippen molar-refractivity contribution in [1.82, 2.24) is 16.0 Å². The minimum absolute atomic E-state index is 0.269. The maximum absolute atomic E-state index is 12.4. The summed E-state index contributed by atoms with van der Waals surface area (Å²) >= 11 is 1.45. The van der Waals surface area contributed by atoms with Gasteiger partial charge in [-0.1, -0.05) is 0 Å². The van der Waals surface area contributed by atoms with Gasteiger partial charge in [0.2, 0.25) is 23.6 Å². The molecule has 0 bridgehead atoms. The zero-order valence-corrected chi connectivity index (χ0v) is 15.4. The highest BCUT2D eigenvalue weighted by Gasteiger charge is 2.28. The van der Waals surface area contributed by atoms with Gasteiger partial charge in [-0.3, -0.25) is 24.0 Å². The van der Waals surface area contributed by atoms with Crippen LogP contribution in [0.4, 0.5) is 0 Å². The Labute approximate surface area is 155 Å². The van der Waals surface area contributed by atoms with E-state index in [1.165, 1.54) is 18.7 Å². The smallest absolute Gasteiger partial charge is 0.322 e. The quantitative estimate of drug-likeness (QED) is 0.204. The Hall–Kier alpha value is -2.34. The molecular formula is C14H25N5O6S. The average molecular weight is 391 g/mol. The van der Waals surface area contributed by atoms with Gasteiger partial charge in [0, 0.05) is 0 Å². The summed E-state index contributed by atoms with van der Waals surface area (Å²) in [6.07, 6.45) is 1.57. The Morgan fingerprint density at radius 3 is 2.08 bits per heavy atom. The molecular weight excluding hydrogens is 366 g/mol. The summed E-state index contributed by atoms with van der Waals surface area (Å²) in [5.74, 6) is -3.73. The minimum Gasteiger partial charge on any atom is -0.480 e. The van der Waals surface area contributed by atoms with Gasteiger partial charge in [-0.25, -0.2) is 0 Å². The molecule has 0 aromatic heterocycles. The van der Waals surface area contributed by atoms with Crippen LogP contribution < -0.4 is 27.4 Å². The monoisotopic (exact) mass is 391 g/mol. The van der Waals surface area contributed by atoms with Crippen LogP contribution in [0.3, 0.4) is 0 Å². The van der Waals surface area contributed by atoms with Gasteiger partial charge in [-0.2, -0.15) is 11.8 Å². The van der Waals surface area contributed by atoms with Gasteiger partial charge in [0.25, 0.3) is 0 Å². The summed E-state index contributed by atoms with van der Waals surface area (Å²) in [5, 5.41) is 15.4. The maximum atomic E-state index is 12.4. The van der Waals surface area contributed by atoms with Crippen LogP contribution in [-0.2, 0) is 24.0 Å². The largest absolute Gasteiger partial charge is 0.480 e. The van der Waals surface area contributed by atoms with Gasteiger partial charge in [0.05, 0.1) is 12.5 Å². The first-order valence-electron chi connectivity index (χ1n) is 7.71. The fourth-order valence-electron chi connectivity index (χ4n) is 1.78. The number of carboxylic acids is 1. The second-order valence-electron chi connectivity index (χ2n) is 5.47. The van der Waals surface area contributed by atoms with Crippen molar-refractivity contribution in [1.29, 1.82) is 0 Å². The summed E-state index contributed by atoms with van der Waals surface area (Å²) in [5.41, 5.74) is 10.5. The number of carbonyl (C=O) groups excluding carboxylic acids is 4. The van der Waals surface area contributed by atoms with Gasteiger partial charge in [0.1, 0.15) is 18.6 Å². The first kappa shape index (κ1) is 23.7. The molecule has 0 rings (SSSR count). The molecule has 0 fully saturated rings. The molecule has 12 heteroatoms. The molecule has 26 heavy (non-hydrogen) atoms. The number of thioether (sulfide) groups is 1. The molecule has 0 aliphatic rings. The molecule has 0 spiro atoms. The number of nitrogens with two attached hydrogens (primary N) is 2. The lowest BCUT2D eigenvalue weighted by molar-refractivity contribution is -0.138. The van der Waals surface area contributed by atoms with Gasteiger partial charge in [-0.15, -0.1) is 0 Å². The number of carbonyl (C=O) groups is 5. The molecule has 3 unspecified atom stereocenters. The Balaban J connectivity index is 5.10. The molecule has 4 amide bonds. The van der Waals surface area contributed by atoms with Crippen molar-refractivity contribution in [2.24, 2.45) is 11.5 Å². The highest BCUT2D eigenvalue weighted by atomic mass is 32.2. The summed E-state index contributed by atoms with van der Waals surface area (Å²) in [7, 11) is 0. The van der Waals surface area contributed by atoms with E-state index in [0.29, 0.717) is 5.75 Å². The van der Waals surface area contributed by atoms with Crippen molar-refractivity contribution in [3.63, 3.8) is 0 Å². The number of nitrogens with one attached hydrogen (secondary N) is 3. The van der Waals surface area contributed by atoms with E-state index in [1.54, 1.807) is 0 Å². The van der Waals surface area contributed by atoms with Crippen molar-refractivity contribution in [3.8, 4) is 0 Å². The Kier molecular flexibility index (Phi) is 11.0. The fourth-order valence-corrected chi connectivity index (χ4v) is 2.25. The number of primary amides is 1. The lowest BCUT2D eigenvalue weighted by Crippen LogP contribution is -2.56. The highest BCUT2D eigenvalue weighted by Crippen LogP contribution is 2.03. The third kappa shape index (κ3) is 9.84. The summed E-state index contributed by atoms with van der Waals surface area (Å²) < 4.78 is 0. The third-order valence-corrected chi connectivity index (χ3v) is 3.75. The number of aliphatic carboxylic acids is 1. The molecule has 0 aliphatic carbocycles. The van der Waals surface area contributed by atoms with Gasteiger partial charge in [0.15, 0.2) is 0 Å². The van der Waals surface area contributed by atoms with Crippen LogP contribution in [0.2, 0.25) is 0 Å². The van der Waals surface area contributed by atoms with Crippen molar-refractivity contribution in [2.75, 3.05) is 18.6 Å². The van der Waals surface area contributed by atoms with E-state index < -0.39 is 60.7 Å². The summed E-state index contributed by atoms with van der Waals surface area (Å²) in [4.78, 5) is 57.8. The molecule has 148 valence electrons. The lowest BCUT2D eigenvalue weighted by Gasteiger charge is -2.23. The molecule has 3 atom stereocenters. The third-order valence-electron chi connectivity index (χ3n) is 3.11. The molecule has 0 aromatic carbocycles. The number of hydrogen-bond donors (Lipinski definition) is 6. The average Bonchev–Trinajstić information content (AvgIpc) is 2.54. The van der Waals surface area contributed by atoms with Crippen molar-refractivity contribution in [2.45, 2.75) is 37.9 Å². The van der Waals surface area contributed by atoms with E-state index in [1.807, 2.05) is 6.26 Å². The Bertz CT molecular complexity index is 542. The predicted molar refractivity (Wildman–Crippen MR) is 95.0 cm³/mol. The van der Waals surface area contributed by atoms with Crippen LogP contribution in [0.5, 0.6) is 0 Å². The van der Waals surface area contributed by atoms with E-state index in [0.717, 1.165) is 0 Å². The number of rotatable bonds is 12. The maximum Gasteiger partial charge on any atom is 0.322 e. The van der Waals surface area contributed by atoms with Crippen molar-refractivity contribution >= 4 is 41.4 Å². The second-order valence-corrected chi connectivity index (χ2v) is 6.46. The van der Waals surface area contributed by atoms with E-state index >= 15 is 0 Å². The van der Waals surface area contributed by atoms with Crippen molar-refractivity contribution < 1.29 is 29.1 Å². The van der Waals surface area contributed by atoms with Crippen molar-refractivity contribution in [3.05, 3.63) is 0 Å². The van der Waals surface area contributed by atoms with Crippen LogP contribution in [0.25, 0.3) is 0 Å². The van der Waals surface area contributed by atoms with E-state index in [4.69, 9.17) is 16.6 Å². The predicted octanol–water partition coefficient (Wildman–Crippen LogP) is -2.87. The minimum atomic E-state index is -1.36. The molecule has 8 N–H and O–H groups in total. The summed E-state index contributed by atoms with van der Waals surface area (Å²) in [6.45, 7) is 0.773. The van der Waals surface area contributed by atoms with Crippen LogP contribution in [0, 0.1) is 0 Å². The fraction of sp³-hybridized carbons (Fsp3) is 0.643. The van der Waals surface area contributed by atoms with Crippen LogP contribution in [-0.4, -0.2) is 71.4 Å². The Morgan fingerprint density at radius 2 is 1.62 bits per heavy atom. The number of amides is 4. The zero-order chi connectivity index (χ0) is 20.3. The normalized spacial score (nSPS) is 13.8. The molecule has 0 aromatic rings. The van der Waals surface area contributed by atoms with E-state index in [9.17, 15) is 24.0 Å². The van der Waals surface area contributed by atoms with E-state index in [2.05, 4.69) is 16.0 Å². The molecule has 0 radical (unpaired) electrons. The summed E-state index contributed by atoms with van der Waals surface area (Å²) in [6, 6.07) is -3.16. The molecule has 11 nitrogen and oxygen atoms in total. The first-order valence-corrected chi connectivity index (χ1v) is 9.10. The Morgan fingerprint density at radius 1 is 1.04 bits per heavy atom. The van der Waals surface area contributed by atoms with Crippen LogP contribution in [0.15, 0.2) is 0 Å². The number of hydrogen-bond acceptors (Lipinski definition) is 7. The highest BCUT2D eigenvalue weighted by molar-refractivity contribution is 7.98. The lowest BCUT2D eigenvalue weighted by atomic mass is 10.1. The number of carboxylic acid groups (broad SMARTS) is 1. The van der Waals surface area contributed by atoms with Crippen LogP contribution in [0.1, 0.15) is 19.8 Å². The molecule has 0 aliphatic heterocycles. The second kappa shape index (κ2) is 12.1. The van der Waals surface area contributed by atoms with Gasteiger partial charge >= 0.3 is 5.97 Å².